The molecular formula is C10H17N3O3. The molecular weight excluding hydrogens is 210 g/mol. The standard InChI is InChI=1S/C10H17N3O3/c1-2-11-8-6-15-5-7(8)10-12-9(3-4-14)13-16-10/h7-8,11,14H,2-6H2,1H3. The van der Waals surface area contributed by atoms with Crippen LogP contribution in [0.5, 0.6) is 0 Å². The van der Waals surface area contributed by atoms with E-state index in [1.165, 1.54) is 0 Å². The minimum Gasteiger partial charge on any atom is -0.396 e. The minimum absolute atomic E-state index is 0.0385. The van der Waals surface area contributed by atoms with E-state index in [0.717, 1.165) is 6.54 Å². The zero-order chi connectivity index (χ0) is 11.4. The Morgan fingerprint density at radius 2 is 2.38 bits per heavy atom. The fraction of sp³-hybridized carbons (Fsp3) is 0.800. The summed E-state index contributed by atoms with van der Waals surface area (Å²) in [5.41, 5.74) is 0. The molecule has 0 saturated carbocycles. The summed E-state index contributed by atoms with van der Waals surface area (Å²) >= 11 is 0. The first-order chi connectivity index (χ1) is 7.85. The average Bonchev–Trinajstić information content (AvgIpc) is 2.87. The number of aliphatic hydroxyl groups is 1. The number of aliphatic hydroxyl groups excluding tert-OH is 1. The van der Waals surface area contributed by atoms with Crippen molar-refractivity contribution in [2.45, 2.75) is 25.3 Å². The Bertz CT molecular complexity index is 329. The fourth-order valence-corrected chi connectivity index (χ4v) is 1.88. The number of hydrogen-bond acceptors (Lipinski definition) is 6. The molecule has 1 aliphatic heterocycles. The SMILES string of the molecule is CCNC1COCC1c1nc(CCO)no1. The van der Waals surface area contributed by atoms with Crippen LogP contribution in [0.4, 0.5) is 0 Å². The van der Waals surface area contributed by atoms with Crippen LogP contribution in [0.15, 0.2) is 4.52 Å². The van der Waals surface area contributed by atoms with Crippen LogP contribution in [-0.4, -0.2) is 47.7 Å². The lowest BCUT2D eigenvalue weighted by Gasteiger charge is -2.13. The molecule has 6 heteroatoms. The maximum absolute atomic E-state index is 8.77. The van der Waals surface area contributed by atoms with Crippen molar-refractivity contribution >= 4 is 0 Å². The van der Waals surface area contributed by atoms with Crippen LogP contribution in [0.2, 0.25) is 0 Å². The van der Waals surface area contributed by atoms with Crippen molar-refractivity contribution in [1.82, 2.24) is 15.5 Å². The van der Waals surface area contributed by atoms with Gasteiger partial charge in [-0.1, -0.05) is 12.1 Å². The van der Waals surface area contributed by atoms with E-state index in [1.807, 2.05) is 0 Å². The number of aromatic nitrogens is 2. The minimum atomic E-state index is 0.0385. The summed E-state index contributed by atoms with van der Waals surface area (Å²) in [6, 6.07) is 0.243. The van der Waals surface area contributed by atoms with E-state index < -0.39 is 0 Å². The molecule has 2 N–H and O–H groups in total. The highest BCUT2D eigenvalue weighted by Crippen LogP contribution is 2.24. The van der Waals surface area contributed by atoms with Gasteiger partial charge in [-0.3, -0.25) is 0 Å². The molecule has 0 amide bonds. The molecule has 16 heavy (non-hydrogen) atoms. The number of rotatable bonds is 5. The Labute approximate surface area is 94.0 Å². The molecule has 6 nitrogen and oxygen atoms in total. The molecule has 1 fully saturated rings. The maximum Gasteiger partial charge on any atom is 0.233 e. The van der Waals surface area contributed by atoms with E-state index in [-0.39, 0.29) is 18.6 Å². The van der Waals surface area contributed by atoms with Gasteiger partial charge in [-0.2, -0.15) is 4.98 Å². The molecule has 2 unspecified atom stereocenters. The number of hydrogen-bond donors (Lipinski definition) is 2. The Kier molecular flexibility index (Phi) is 3.87. The molecule has 1 aromatic heterocycles. The monoisotopic (exact) mass is 227 g/mol. The summed E-state index contributed by atoms with van der Waals surface area (Å²) in [5.74, 6) is 1.28. The third-order valence-corrected chi connectivity index (χ3v) is 2.68. The third kappa shape index (κ3) is 2.40. The number of ether oxygens (including phenoxy) is 1. The van der Waals surface area contributed by atoms with Gasteiger partial charge in [0.1, 0.15) is 0 Å². The zero-order valence-corrected chi connectivity index (χ0v) is 9.35. The number of nitrogens with zero attached hydrogens (tertiary/aromatic N) is 2. The van der Waals surface area contributed by atoms with Gasteiger partial charge in [0.05, 0.1) is 25.7 Å². The van der Waals surface area contributed by atoms with Crippen molar-refractivity contribution in [3.63, 3.8) is 0 Å². The molecule has 0 radical (unpaired) electrons. The third-order valence-electron chi connectivity index (χ3n) is 2.68. The molecule has 2 rings (SSSR count). The van der Waals surface area contributed by atoms with Gasteiger partial charge in [0.25, 0.3) is 0 Å². The largest absolute Gasteiger partial charge is 0.396 e. The van der Waals surface area contributed by atoms with E-state index in [0.29, 0.717) is 31.3 Å². The van der Waals surface area contributed by atoms with Gasteiger partial charge >= 0.3 is 0 Å². The highest BCUT2D eigenvalue weighted by molar-refractivity contribution is 5.02. The second kappa shape index (κ2) is 5.38. The van der Waals surface area contributed by atoms with Crippen LogP contribution in [0.3, 0.4) is 0 Å². The molecule has 2 atom stereocenters. The van der Waals surface area contributed by atoms with Crippen LogP contribution in [-0.2, 0) is 11.2 Å². The molecule has 1 saturated heterocycles. The van der Waals surface area contributed by atoms with E-state index in [1.54, 1.807) is 0 Å². The van der Waals surface area contributed by atoms with Crippen molar-refractivity contribution in [3.8, 4) is 0 Å². The molecule has 90 valence electrons. The van der Waals surface area contributed by atoms with Gasteiger partial charge in [-0.25, -0.2) is 0 Å². The van der Waals surface area contributed by atoms with Crippen LogP contribution in [0.25, 0.3) is 0 Å². The van der Waals surface area contributed by atoms with Gasteiger partial charge in [-0.05, 0) is 6.54 Å². The van der Waals surface area contributed by atoms with Crippen molar-refractivity contribution in [2.24, 2.45) is 0 Å². The first kappa shape index (κ1) is 11.5. The summed E-state index contributed by atoms with van der Waals surface area (Å²) < 4.78 is 10.6. The topological polar surface area (TPSA) is 80.4 Å². The fourth-order valence-electron chi connectivity index (χ4n) is 1.88. The Balaban J connectivity index is 2.04. The Hall–Kier alpha value is -0.980. The summed E-state index contributed by atoms with van der Waals surface area (Å²) in [4.78, 5) is 4.26. The number of nitrogens with one attached hydrogen (secondary N) is 1. The van der Waals surface area contributed by atoms with E-state index in [4.69, 9.17) is 14.4 Å². The van der Waals surface area contributed by atoms with E-state index in [2.05, 4.69) is 22.4 Å². The van der Waals surface area contributed by atoms with Crippen molar-refractivity contribution < 1.29 is 14.4 Å². The van der Waals surface area contributed by atoms with Gasteiger partial charge in [0.2, 0.25) is 5.89 Å². The first-order valence-electron chi connectivity index (χ1n) is 5.59. The average molecular weight is 227 g/mol. The molecule has 0 spiro atoms. The summed E-state index contributed by atoms with van der Waals surface area (Å²) in [6.45, 7) is 4.27. The summed E-state index contributed by atoms with van der Waals surface area (Å²) in [6.07, 6.45) is 0.433. The van der Waals surface area contributed by atoms with Crippen molar-refractivity contribution in [1.29, 1.82) is 0 Å². The van der Waals surface area contributed by atoms with Gasteiger partial charge in [0.15, 0.2) is 5.82 Å². The highest BCUT2D eigenvalue weighted by Gasteiger charge is 2.33. The van der Waals surface area contributed by atoms with Crippen LogP contribution < -0.4 is 5.32 Å². The van der Waals surface area contributed by atoms with E-state index >= 15 is 0 Å². The summed E-state index contributed by atoms with van der Waals surface area (Å²) in [5, 5.41) is 15.9. The van der Waals surface area contributed by atoms with Gasteiger partial charge in [0, 0.05) is 12.5 Å². The second-order valence-corrected chi connectivity index (χ2v) is 3.83. The molecule has 0 bridgehead atoms. The maximum atomic E-state index is 8.77. The Morgan fingerprint density at radius 1 is 1.50 bits per heavy atom. The van der Waals surface area contributed by atoms with Crippen LogP contribution in [0, 0.1) is 0 Å². The normalized spacial score (nSPS) is 25.1. The van der Waals surface area contributed by atoms with E-state index in [9.17, 15) is 0 Å². The highest BCUT2D eigenvalue weighted by atomic mass is 16.5. The lowest BCUT2D eigenvalue weighted by Crippen LogP contribution is -2.34. The Morgan fingerprint density at radius 3 is 3.12 bits per heavy atom. The lowest BCUT2D eigenvalue weighted by atomic mass is 10.0. The van der Waals surface area contributed by atoms with Crippen molar-refractivity contribution in [2.75, 3.05) is 26.4 Å². The smallest absolute Gasteiger partial charge is 0.233 e. The molecule has 2 heterocycles. The predicted molar refractivity (Wildman–Crippen MR) is 56.1 cm³/mol. The molecule has 0 aromatic carbocycles. The van der Waals surface area contributed by atoms with Gasteiger partial charge < -0.3 is 19.7 Å². The lowest BCUT2D eigenvalue weighted by molar-refractivity contribution is 0.185. The first-order valence-corrected chi connectivity index (χ1v) is 5.59. The van der Waals surface area contributed by atoms with Crippen LogP contribution >= 0.6 is 0 Å². The molecule has 1 aliphatic rings. The zero-order valence-electron chi connectivity index (χ0n) is 9.35. The molecule has 0 aliphatic carbocycles. The predicted octanol–water partition coefficient (Wildman–Crippen LogP) is -0.304. The van der Waals surface area contributed by atoms with Gasteiger partial charge in [-0.15, -0.1) is 0 Å². The second-order valence-electron chi connectivity index (χ2n) is 3.83. The molecule has 1 aromatic rings. The number of likely N-dealkylation sites (N-methyl/N-ethyl adjacent to an activating group) is 1. The summed E-state index contributed by atoms with van der Waals surface area (Å²) in [7, 11) is 0. The van der Waals surface area contributed by atoms with Crippen LogP contribution in [0.1, 0.15) is 24.6 Å². The van der Waals surface area contributed by atoms with Crippen molar-refractivity contribution in [3.05, 3.63) is 11.7 Å². The quantitative estimate of drug-likeness (QED) is 0.718.